The molecule has 0 amide bonds. The lowest BCUT2D eigenvalue weighted by Gasteiger charge is -2.42. The Kier molecular flexibility index (Phi) is 5.00. The average molecular weight is 535 g/mol. The molecule has 1 saturated heterocycles. The summed E-state index contributed by atoms with van der Waals surface area (Å²) in [6.45, 7) is 5.99. The molecule has 8 rings (SSSR count). The second-order valence-corrected chi connectivity index (χ2v) is 13.0. The van der Waals surface area contributed by atoms with Gasteiger partial charge in [-0.15, -0.1) is 0 Å². The van der Waals surface area contributed by atoms with E-state index in [4.69, 9.17) is 15.7 Å². The van der Waals surface area contributed by atoms with Crippen molar-refractivity contribution >= 4 is 22.6 Å². The lowest BCUT2D eigenvalue weighted by atomic mass is 9.73. The maximum Gasteiger partial charge on any atom is 0.264 e. The molecule has 9 heteroatoms. The van der Waals surface area contributed by atoms with E-state index in [1.54, 1.807) is 0 Å². The average Bonchev–Trinajstić information content (AvgIpc) is 3.65. The number of nitrogens with one attached hydrogen (secondary N) is 2. The van der Waals surface area contributed by atoms with Crippen LogP contribution in [0.2, 0.25) is 0 Å². The van der Waals surface area contributed by atoms with Crippen LogP contribution in [0.15, 0.2) is 41.3 Å². The Morgan fingerprint density at radius 1 is 1.07 bits per heavy atom. The molecule has 1 spiro atoms. The van der Waals surface area contributed by atoms with E-state index in [9.17, 15) is 4.79 Å². The van der Waals surface area contributed by atoms with Crippen molar-refractivity contribution < 1.29 is 0 Å². The normalized spacial score (nSPS) is 22.8. The van der Waals surface area contributed by atoms with Gasteiger partial charge in [-0.2, -0.15) is 10.1 Å². The Bertz CT molecular complexity index is 1750. The first-order chi connectivity index (χ1) is 19.3. The zero-order chi connectivity index (χ0) is 27.2. The number of nitrogens with two attached hydrogens (primary N) is 1. The van der Waals surface area contributed by atoms with Crippen LogP contribution >= 0.6 is 0 Å². The fraction of sp³-hybridized carbons (Fsp3) is 0.452. The van der Waals surface area contributed by atoms with E-state index < -0.39 is 0 Å². The maximum absolute atomic E-state index is 13.6. The van der Waals surface area contributed by atoms with Crippen LogP contribution in [0.5, 0.6) is 0 Å². The minimum Gasteiger partial charge on any atom is -0.342 e. The lowest BCUT2D eigenvalue weighted by molar-refractivity contribution is 0.187. The van der Waals surface area contributed by atoms with Crippen molar-refractivity contribution in [1.29, 1.82) is 0 Å². The number of hydrogen-bond donors (Lipinski definition) is 3. The van der Waals surface area contributed by atoms with Gasteiger partial charge in [0.2, 0.25) is 5.95 Å². The third-order valence-corrected chi connectivity index (χ3v) is 9.60. The summed E-state index contributed by atoms with van der Waals surface area (Å²) < 4.78 is 0. The van der Waals surface area contributed by atoms with E-state index in [0.717, 1.165) is 74.3 Å². The number of H-pyrrole nitrogens is 2. The molecule has 4 aromatic rings. The number of fused-ring (bicyclic) bond motifs is 3. The predicted octanol–water partition coefficient (Wildman–Crippen LogP) is 4.17. The van der Waals surface area contributed by atoms with Crippen molar-refractivity contribution in [3.8, 4) is 0 Å². The molecule has 9 nitrogen and oxygen atoms in total. The van der Waals surface area contributed by atoms with Gasteiger partial charge in [-0.25, -0.2) is 9.97 Å². The number of piperidine rings is 1. The van der Waals surface area contributed by atoms with Crippen molar-refractivity contribution in [2.45, 2.75) is 64.3 Å². The Hall–Kier alpha value is -3.85. The number of rotatable bonds is 3. The van der Waals surface area contributed by atoms with E-state index in [0.29, 0.717) is 28.6 Å². The zero-order valence-corrected chi connectivity index (χ0v) is 23.0. The molecule has 40 heavy (non-hydrogen) atoms. The maximum atomic E-state index is 13.6. The summed E-state index contributed by atoms with van der Waals surface area (Å²) in [4.78, 5) is 33.3. The number of aromatic nitrogens is 6. The molecular formula is C31H34N8O. The fourth-order valence-electron chi connectivity index (χ4n) is 7.22. The Labute approximate surface area is 232 Å². The first-order valence-corrected chi connectivity index (χ1v) is 14.5. The molecule has 4 heterocycles. The summed E-state index contributed by atoms with van der Waals surface area (Å²) >= 11 is 0. The van der Waals surface area contributed by atoms with Gasteiger partial charge in [-0.05, 0) is 60.5 Å². The summed E-state index contributed by atoms with van der Waals surface area (Å²) in [5.41, 5.74) is 13.2. The van der Waals surface area contributed by atoms with Crippen LogP contribution in [-0.2, 0) is 12.8 Å². The smallest absolute Gasteiger partial charge is 0.264 e. The van der Waals surface area contributed by atoms with Gasteiger partial charge in [0.25, 0.3) is 5.56 Å². The third-order valence-electron chi connectivity index (χ3n) is 9.60. The highest BCUT2D eigenvalue weighted by atomic mass is 16.1. The summed E-state index contributed by atoms with van der Waals surface area (Å²) in [5, 5.41) is 8.16. The zero-order valence-electron chi connectivity index (χ0n) is 23.0. The number of nitrogens with zero attached hydrogens (tertiary/aromatic N) is 5. The first-order valence-electron chi connectivity index (χ1n) is 14.5. The van der Waals surface area contributed by atoms with Crippen LogP contribution in [0.3, 0.4) is 0 Å². The standard InChI is InChI=1S/C31H34N8O/c1-30(2)14-20(21-16-33-26(17-7-8-17)34-22(21)15-30)24-23-27(38-37-24)35-29(36-28(23)40)39-11-9-31(10-12-39)13-18-5-3-4-6-19(18)25(31)32/h3-6,14,16-17,25H,7-13,15,32H2,1-2H3,(H2,35,36,37,38,40)/t25-/m1/s1. The van der Waals surface area contributed by atoms with Crippen molar-refractivity contribution in [2.24, 2.45) is 16.6 Å². The molecule has 2 fully saturated rings. The number of allylic oxidation sites excluding steroid dienone is 1. The molecule has 1 saturated carbocycles. The summed E-state index contributed by atoms with van der Waals surface area (Å²) in [5.74, 6) is 2.02. The second-order valence-electron chi connectivity index (χ2n) is 13.0. The van der Waals surface area contributed by atoms with E-state index in [1.165, 1.54) is 11.1 Å². The molecule has 0 unspecified atom stereocenters. The number of anilines is 1. The number of benzene rings is 1. The van der Waals surface area contributed by atoms with Crippen LogP contribution in [0.25, 0.3) is 16.6 Å². The van der Waals surface area contributed by atoms with Gasteiger partial charge in [-0.1, -0.05) is 44.2 Å². The molecule has 1 atom stereocenters. The van der Waals surface area contributed by atoms with Gasteiger partial charge < -0.3 is 10.6 Å². The van der Waals surface area contributed by atoms with Crippen LogP contribution in [-0.4, -0.2) is 43.2 Å². The summed E-state index contributed by atoms with van der Waals surface area (Å²) in [6.07, 6.45) is 10.2. The van der Waals surface area contributed by atoms with Crippen molar-refractivity contribution in [3.05, 3.63) is 80.8 Å². The molecule has 4 N–H and O–H groups in total. The monoisotopic (exact) mass is 534 g/mol. The third kappa shape index (κ3) is 3.67. The lowest BCUT2D eigenvalue weighted by Crippen LogP contribution is -2.45. The van der Waals surface area contributed by atoms with E-state index in [-0.39, 0.29) is 22.4 Å². The van der Waals surface area contributed by atoms with Gasteiger partial charge in [0.1, 0.15) is 16.9 Å². The van der Waals surface area contributed by atoms with Gasteiger partial charge >= 0.3 is 0 Å². The largest absolute Gasteiger partial charge is 0.342 e. The molecule has 3 aromatic heterocycles. The van der Waals surface area contributed by atoms with Crippen LogP contribution in [0, 0.1) is 10.8 Å². The highest BCUT2D eigenvalue weighted by Crippen LogP contribution is 2.51. The number of aromatic amines is 2. The molecule has 1 aromatic carbocycles. The minimum absolute atomic E-state index is 0.0516. The summed E-state index contributed by atoms with van der Waals surface area (Å²) in [7, 11) is 0. The topological polar surface area (TPSA) is 129 Å². The van der Waals surface area contributed by atoms with Crippen LogP contribution in [0.1, 0.15) is 85.4 Å². The predicted molar refractivity (Wildman–Crippen MR) is 154 cm³/mol. The molecule has 0 radical (unpaired) electrons. The molecule has 0 bridgehead atoms. The molecular weight excluding hydrogens is 500 g/mol. The van der Waals surface area contributed by atoms with E-state index in [1.807, 2.05) is 6.20 Å². The highest BCUT2D eigenvalue weighted by molar-refractivity contribution is 5.94. The second kappa shape index (κ2) is 8.33. The van der Waals surface area contributed by atoms with Crippen molar-refractivity contribution in [2.75, 3.05) is 18.0 Å². The van der Waals surface area contributed by atoms with Crippen LogP contribution in [0.4, 0.5) is 5.95 Å². The van der Waals surface area contributed by atoms with E-state index in [2.05, 4.69) is 69.3 Å². The Morgan fingerprint density at radius 3 is 2.65 bits per heavy atom. The highest BCUT2D eigenvalue weighted by Gasteiger charge is 2.46. The van der Waals surface area contributed by atoms with Crippen LogP contribution < -0.4 is 16.2 Å². The molecule has 204 valence electrons. The van der Waals surface area contributed by atoms with Gasteiger partial charge in [0.05, 0.1) is 5.69 Å². The summed E-state index contributed by atoms with van der Waals surface area (Å²) in [6, 6.07) is 8.61. The van der Waals surface area contributed by atoms with E-state index >= 15 is 0 Å². The molecule has 3 aliphatic carbocycles. The van der Waals surface area contributed by atoms with Crippen molar-refractivity contribution in [3.63, 3.8) is 0 Å². The SMILES string of the molecule is CC1(C)C=C(c2n[nH]c3nc(N4CCC5(CC4)Cc4ccccc4[C@H]5N)[nH]c(=O)c23)c2cnc(C3CC3)nc2C1. The molecule has 4 aliphatic rings. The minimum atomic E-state index is -0.185. The first kappa shape index (κ1) is 24.0. The molecule has 1 aliphatic heterocycles. The number of hydrogen-bond acceptors (Lipinski definition) is 7. The van der Waals surface area contributed by atoms with Gasteiger partial charge in [0, 0.05) is 42.4 Å². The van der Waals surface area contributed by atoms with Gasteiger partial charge in [0.15, 0.2) is 5.65 Å². The quantitative estimate of drug-likeness (QED) is 0.360. The van der Waals surface area contributed by atoms with Crippen molar-refractivity contribution in [1.82, 2.24) is 30.1 Å². The van der Waals surface area contributed by atoms with Gasteiger partial charge in [-0.3, -0.25) is 14.9 Å². The Balaban J connectivity index is 1.10. The Morgan fingerprint density at radius 2 is 1.88 bits per heavy atom. The fourth-order valence-corrected chi connectivity index (χ4v) is 7.22.